The summed E-state index contributed by atoms with van der Waals surface area (Å²) in [6.45, 7) is 11.2. The van der Waals surface area contributed by atoms with Gasteiger partial charge in [0, 0.05) is 31.9 Å². The zero-order chi connectivity index (χ0) is 20.1. The summed E-state index contributed by atoms with van der Waals surface area (Å²) in [5.74, 6) is 0.524. The molecule has 1 amide bonds. The van der Waals surface area contributed by atoms with Gasteiger partial charge in [0.1, 0.15) is 5.75 Å². The highest BCUT2D eigenvalue weighted by atomic mass is 35.5. The van der Waals surface area contributed by atoms with E-state index in [4.69, 9.17) is 16.3 Å². The number of likely N-dealkylation sites (N-methyl/N-ethyl adjacent to an activating group) is 1. The summed E-state index contributed by atoms with van der Waals surface area (Å²) < 4.78 is 5.66. The lowest BCUT2D eigenvalue weighted by Gasteiger charge is -2.36. The summed E-state index contributed by atoms with van der Waals surface area (Å²) in [5.41, 5.74) is 3.88. The van der Waals surface area contributed by atoms with Crippen molar-refractivity contribution in [2.45, 2.75) is 20.8 Å². The summed E-state index contributed by atoms with van der Waals surface area (Å²) >= 11 is 6.49. The molecule has 150 valence electrons. The van der Waals surface area contributed by atoms with Crippen LogP contribution in [-0.2, 0) is 4.79 Å². The first-order valence-electron chi connectivity index (χ1n) is 9.73. The topological polar surface area (TPSA) is 44.8 Å². The van der Waals surface area contributed by atoms with Crippen LogP contribution in [0.25, 0.3) is 0 Å². The van der Waals surface area contributed by atoms with E-state index in [9.17, 15) is 4.79 Å². The van der Waals surface area contributed by atoms with E-state index in [0.29, 0.717) is 10.7 Å². The second-order valence-electron chi connectivity index (χ2n) is 7.12. The maximum absolute atomic E-state index is 12.3. The highest BCUT2D eigenvalue weighted by Crippen LogP contribution is 2.29. The minimum absolute atomic E-state index is 0.0390. The van der Waals surface area contributed by atoms with Crippen molar-refractivity contribution in [3.8, 4) is 5.75 Å². The average Bonchev–Trinajstić information content (AvgIpc) is 2.69. The standard InChI is InChI=1S/C22H28ClN3O2/c1-4-25-10-12-26(13-11-25)20-9-8-18(14-19(20)23)24-22(27)15-28-21-7-5-6-16(2)17(21)3/h5-9,14H,4,10-13,15H2,1-3H3,(H,24,27). The third kappa shape index (κ3) is 4.97. The fourth-order valence-corrected chi connectivity index (χ4v) is 3.67. The zero-order valence-corrected chi connectivity index (χ0v) is 17.6. The smallest absolute Gasteiger partial charge is 0.262 e. The summed E-state index contributed by atoms with van der Waals surface area (Å²) in [4.78, 5) is 17.0. The largest absolute Gasteiger partial charge is 0.483 e. The Bertz CT molecular complexity index is 833. The normalized spacial score (nSPS) is 14.8. The fraction of sp³-hybridized carbons (Fsp3) is 0.409. The number of hydrogen-bond acceptors (Lipinski definition) is 4. The molecule has 1 N–H and O–H groups in total. The SMILES string of the molecule is CCN1CCN(c2ccc(NC(=O)COc3cccc(C)c3C)cc2Cl)CC1. The van der Waals surface area contributed by atoms with Crippen molar-refractivity contribution in [2.75, 3.05) is 49.5 Å². The monoisotopic (exact) mass is 401 g/mol. The molecule has 2 aromatic rings. The van der Waals surface area contributed by atoms with Gasteiger partial charge in [0.05, 0.1) is 10.7 Å². The molecule has 1 aliphatic heterocycles. The molecule has 6 heteroatoms. The third-order valence-corrected chi connectivity index (χ3v) is 5.61. The Balaban J connectivity index is 1.56. The zero-order valence-electron chi connectivity index (χ0n) is 16.8. The number of benzene rings is 2. The van der Waals surface area contributed by atoms with E-state index in [1.807, 2.05) is 44.2 Å². The molecule has 0 aliphatic carbocycles. The van der Waals surface area contributed by atoms with Crippen LogP contribution in [0.3, 0.4) is 0 Å². The number of ether oxygens (including phenoxy) is 1. The average molecular weight is 402 g/mol. The van der Waals surface area contributed by atoms with Gasteiger partial charge in [-0.25, -0.2) is 0 Å². The number of piperazine rings is 1. The molecular formula is C22H28ClN3O2. The van der Waals surface area contributed by atoms with E-state index >= 15 is 0 Å². The second-order valence-corrected chi connectivity index (χ2v) is 7.53. The van der Waals surface area contributed by atoms with Gasteiger partial charge in [0.2, 0.25) is 0 Å². The van der Waals surface area contributed by atoms with Gasteiger partial charge < -0.3 is 19.9 Å². The van der Waals surface area contributed by atoms with E-state index in [2.05, 4.69) is 22.0 Å². The maximum atomic E-state index is 12.3. The Morgan fingerprint density at radius 2 is 1.89 bits per heavy atom. The first kappa shape index (κ1) is 20.5. The number of nitrogens with one attached hydrogen (secondary N) is 1. The van der Waals surface area contributed by atoms with Gasteiger partial charge in [0.25, 0.3) is 5.91 Å². The van der Waals surface area contributed by atoms with Crippen molar-refractivity contribution in [3.63, 3.8) is 0 Å². The van der Waals surface area contributed by atoms with Gasteiger partial charge in [-0.1, -0.05) is 30.7 Å². The number of halogens is 1. The quantitative estimate of drug-likeness (QED) is 0.790. The van der Waals surface area contributed by atoms with E-state index in [0.717, 1.165) is 55.3 Å². The molecule has 0 spiro atoms. The van der Waals surface area contributed by atoms with Crippen molar-refractivity contribution in [1.82, 2.24) is 4.90 Å². The minimum Gasteiger partial charge on any atom is -0.483 e. The number of carbonyl (C=O) groups excluding carboxylic acids is 1. The summed E-state index contributed by atoms with van der Waals surface area (Å²) in [6.07, 6.45) is 0. The molecule has 5 nitrogen and oxygen atoms in total. The number of anilines is 2. The van der Waals surface area contributed by atoms with Gasteiger partial charge in [-0.2, -0.15) is 0 Å². The highest BCUT2D eigenvalue weighted by molar-refractivity contribution is 6.33. The number of carbonyl (C=O) groups is 1. The van der Waals surface area contributed by atoms with Crippen LogP contribution in [0.1, 0.15) is 18.1 Å². The van der Waals surface area contributed by atoms with Gasteiger partial charge in [-0.3, -0.25) is 4.79 Å². The first-order chi connectivity index (χ1) is 13.5. The Hall–Kier alpha value is -2.24. The lowest BCUT2D eigenvalue weighted by molar-refractivity contribution is -0.118. The number of aryl methyl sites for hydroxylation is 1. The molecule has 1 heterocycles. The van der Waals surface area contributed by atoms with E-state index in [1.54, 1.807) is 6.07 Å². The molecule has 0 saturated carbocycles. The number of rotatable bonds is 6. The van der Waals surface area contributed by atoms with Gasteiger partial charge in [-0.05, 0) is 55.8 Å². The third-order valence-electron chi connectivity index (χ3n) is 5.31. The Kier molecular flexibility index (Phi) is 6.81. The molecule has 0 unspecified atom stereocenters. The van der Waals surface area contributed by atoms with E-state index in [-0.39, 0.29) is 12.5 Å². The van der Waals surface area contributed by atoms with Crippen molar-refractivity contribution < 1.29 is 9.53 Å². The van der Waals surface area contributed by atoms with Crippen LogP contribution in [0.4, 0.5) is 11.4 Å². The second kappa shape index (κ2) is 9.30. The molecule has 1 fully saturated rings. The molecule has 1 aliphatic rings. The minimum atomic E-state index is -0.207. The van der Waals surface area contributed by atoms with Crippen LogP contribution < -0.4 is 15.0 Å². The van der Waals surface area contributed by atoms with Crippen LogP contribution >= 0.6 is 11.6 Å². The van der Waals surface area contributed by atoms with Crippen LogP contribution in [0.5, 0.6) is 5.75 Å². The van der Waals surface area contributed by atoms with E-state index < -0.39 is 0 Å². The van der Waals surface area contributed by atoms with Crippen LogP contribution in [-0.4, -0.2) is 50.1 Å². The van der Waals surface area contributed by atoms with Gasteiger partial charge in [-0.15, -0.1) is 0 Å². The lowest BCUT2D eigenvalue weighted by Crippen LogP contribution is -2.46. The van der Waals surface area contributed by atoms with Crippen molar-refractivity contribution in [2.24, 2.45) is 0 Å². The summed E-state index contributed by atoms with van der Waals surface area (Å²) in [7, 11) is 0. The van der Waals surface area contributed by atoms with E-state index in [1.165, 1.54) is 0 Å². The molecule has 0 atom stereocenters. The number of hydrogen-bond donors (Lipinski definition) is 1. The first-order valence-corrected chi connectivity index (χ1v) is 10.1. The Morgan fingerprint density at radius 3 is 2.57 bits per heavy atom. The summed E-state index contributed by atoms with van der Waals surface area (Å²) in [5, 5.41) is 3.51. The van der Waals surface area contributed by atoms with Crippen molar-refractivity contribution >= 4 is 28.9 Å². The van der Waals surface area contributed by atoms with Crippen LogP contribution in [0, 0.1) is 13.8 Å². The summed E-state index contributed by atoms with van der Waals surface area (Å²) in [6, 6.07) is 11.5. The fourth-order valence-electron chi connectivity index (χ4n) is 3.37. The molecule has 0 radical (unpaired) electrons. The molecule has 28 heavy (non-hydrogen) atoms. The number of nitrogens with zero attached hydrogens (tertiary/aromatic N) is 2. The Labute approximate surface area is 172 Å². The predicted octanol–water partition coefficient (Wildman–Crippen LogP) is 4.12. The molecule has 0 aromatic heterocycles. The van der Waals surface area contributed by atoms with Gasteiger partial charge in [0.15, 0.2) is 6.61 Å². The Morgan fingerprint density at radius 1 is 1.14 bits per heavy atom. The van der Waals surface area contributed by atoms with Crippen LogP contribution in [0.15, 0.2) is 36.4 Å². The van der Waals surface area contributed by atoms with Crippen molar-refractivity contribution in [1.29, 1.82) is 0 Å². The maximum Gasteiger partial charge on any atom is 0.262 e. The van der Waals surface area contributed by atoms with Gasteiger partial charge >= 0.3 is 0 Å². The molecule has 3 rings (SSSR count). The number of amides is 1. The van der Waals surface area contributed by atoms with Crippen molar-refractivity contribution in [3.05, 3.63) is 52.5 Å². The molecule has 0 bridgehead atoms. The lowest BCUT2D eigenvalue weighted by atomic mass is 10.1. The van der Waals surface area contributed by atoms with Crippen LogP contribution in [0.2, 0.25) is 5.02 Å². The molecular weight excluding hydrogens is 374 g/mol. The molecule has 1 saturated heterocycles. The molecule has 2 aromatic carbocycles. The predicted molar refractivity (Wildman–Crippen MR) is 116 cm³/mol. The highest BCUT2D eigenvalue weighted by Gasteiger charge is 2.18.